The normalized spacial score (nSPS) is 24.0. The van der Waals surface area contributed by atoms with Crippen molar-refractivity contribution in [3.63, 3.8) is 0 Å². The SMILES string of the molecule is CC(C)S(=O)(=O)N[C@@H]1COCC[C@H]1c1ccc(Br)cc1. The van der Waals surface area contributed by atoms with Crippen LogP contribution in [0.3, 0.4) is 0 Å². The number of benzene rings is 1. The Hall–Kier alpha value is -0.430. The standard InChI is InChI=1S/C14H20BrNO3S/c1-10(2)20(17,18)16-14-9-19-8-7-13(14)11-3-5-12(15)6-4-11/h3-6,10,13-14,16H,7-9H2,1-2H3/t13-,14+/m0/s1. The van der Waals surface area contributed by atoms with Gasteiger partial charge in [0.1, 0.15) is 0 Å². The lowest BCUT2D eigenvalue weighted by Crippen LogP contribution is -2.47. The Morgan fingerprint density at radius 2 is 1.95 bits per heavy atom. The van der Waals surface area contributed by atoms with Crippen LogP contribution in [0.5, 0.6) is 0 Å². The molecule has 2 rings (SSSR count). The quantitative estimate of drug-likeness (QED) is 0.896. The number of sulfonamides is 1. The molecule has 0 spiro atoms. The fourth-order valence-electron chi connectivity index (χ4n) is 2.31. The van der Waals surface area contributed by atoms with Crippen molar-refractivity contribution in [1.82, 2.24) is 4.72 Å². The average molecular weight is 362 g/mol. The van der Waals surface area contributed by atoms with Gasteiger partial charge in [-0.05, 0) is 38.0 Å². The zero-order chi connectivity index (χ0) is 14.8. The van der Waals surface area contributed by atoms with Gasteiger partial charge in [0, 0.05) is 17.0 Å². The van der Waals surface area contributed by atoms with E-state index in [2.05, 4.69) is 20.7 Å². The van der Waals surface area contributed by atoms with Crippen molar-refractivity contribution in [2.24, 2.45) is 0 Å². The number of hydrogen-bond acceptors (Lipinski definition) is 3. The van der Waals surface area contributed by atoms with E-state index in [1.807, 2.05) is 24.3 Å². The smallest absolute Gasteiger partial charge is 0.214 e. The Balaban J connectivity index is 2.19. The van der Waals surface area contributed by atoms with Gasteiger partial charge in [-0.2, -0.15) is 0 Å². The van der Waals surface area contributed by atoms with E-state index >= 15 is 0 Å². The minimum atomic E-state index is -3.29. The third kappa shape index (κ3) is 3.81. The van der Waals surface area contributed by atoms with E-state index in [0.717, 1.165) is 16.5 Å². The molecule has 1 aliphatic heterocycles. The van der Waals surface area contributed by atoms with Gasteiger partial charge in [0.05, 0.1) is 17.9 Å². The second-order valence-corrected chi connectivity index (χ2v) is 8.52. The predicted octanol–water partition coefficient (Wildman–Crippen LogP) is 2.65. The maximum atomic E-state index is 12.1. The number of nitrogens with one attached hydrogen (secondary N) is 1. The van der Waals surface area contributed by atoms with E-state index in [0.29, 0.717) is 13.2 Å². The summed E-state index contributed by atoms with van der Waals surface area (Å²) in [5.41, 5.74) is 1.15. The zero-order valence-corrected chi connectivity index (χ0v) is 14.1. The molecule has 0 radical (unpaired) electrons. The van der Waals surface area contributed by atoms with E-state index < -0.39 is 15.3 Å². The highest BCUT2D eigenvalue weighted by Gasteiger charge is 2.31. The molecule has 1 aromatic rings. The van der Waals surface area contributed by atoms with E-state index in [1.165, 1.54) is 0 Å². The first kappa shape index (κ1) is 15.9. The minimum Gasteiger partial charge on any atom is -0.380 e. The first-order valence-electron chi connectivity index (χ1n) is 6.74. The third-order valence-electron chi connectivity index (χ3n) is 3.59. The monoisotopic (exact) mass is 361 g/mol. The first-order chi connectivity index (χ1) is 9.40. The van der Waals surface area contributed by atoms with Crippen LogP contribution in [-0.2, 0) is 14.8 Å². The van der Waals surface area contributed by atoms with E-state index in [-0.39, 0.29) is 12.0 Å². The zero-order valence-electron chi connectivity index (χ0n) is 11.7. The molecule has 0 bridgehead atoms. The van der Waals surface area contributed by atoms with Crippen LogP contribution in [0.15, 0.2) is 28.7 Å². The topological polar surface area (TPSA) is 55.4 Å². The minimum absolute atomic E-state index is 0.158. The van der Waals surface area contributed by atoms with Gasteiger partial charge in [-0.1, -0.05) is 28.1 Å². The van der Waals surface area contributed by atoms with Crippen molar-refractivity contribution in [2.45, 2.75) is 37.5 Å². The number of halogens is 1. The number of hydrogen-bond donors (Lipinski definition) is 1. The summed E-state index contributed by atoms with van der Waals surface area (Å²) < 4.78 is 33.4. The van der Waals surface area contributed by atoms with Gasteiger partial charge in [0.25, 0.3) is 0 Å². The molecule has 0 unspecified atom stereocenters. The summed E-state index contributed by atoms with van der Waals surface area (Å²) >= 11 is 3.42. The van der Waals surface area contributed by atoms with Crippen molar-refractivity contribution in [2.75, 3.05) is 13.2 Å². The Morgan fingerprint density at radius 3 is 2.55 bits per heavy atom. The Labute approximate surface area is 129 Å². The number of rotatable bonds is 4. The van der Waals surface area contributed by atoms with Crippen molar-refractivity contribution >= 4 is 26.0 Å². The first-order valence-corrected chi connectivity index (χ1v) is 9.08. The molecule has 0 saturated carbocycles. The van der Waals surface area contributed by atoms with Gasteiger partial charge in [0.2, 0.25) is 10.0 Å². The maximum absolute atomic E-state index is 12.1. The van der Waals surface area contributed by atoms with Gasteiger partial charge in [-0.25, -0.2) is 13.1 Å². The van der Waals surface area contributed by atoms with E-state index in [9.17, 15) is 8.42 Å². The predicted molar refractivity (Wildman–Crippen MR) is 83.3 cm³/mol. The maximum Gasteiger partial charge on any atom is 0.214 e. The highest BCUT2D eigenvalue weighted by molar-refractivity contribution is 9.10. The second kappa shape index (κ2) is 6.56. The van der Waals surface area contributed by atoms with Crippen LogP contribution in [0.1, 0.15) is 31.7 Å². The fraction of sp³-hybridized carbons (Fsp3) is 0.571. The van der Waals surface area contributed by atoms with Gasteiger partial charge in [-0.15, -0.1) is 0 Å². The second-order valence-electron chi connectivity index (χ2n) is 5.34. The summed E-state index contributed by atoms with van der Waals surface area (Å²) in [7, 11) is -3.29. The highest BCUT2D eigenvalue weighted by atomic mass is 79.9. The lowest BCUT2D eigenvalue weighted by atomic mass is 9.88. The van der Waals surface area contributed by atoms with Gasteiger partial charge >= 0.3 is 0 Å². The Morgan fingerprint density at radius 1 is 1.30 bits per heavy atom. The third-order valence-corrected chi connectivity index (χ3v) is 5.99. The molecule has 112 valence electrons. The van der Waals surface area contributed by atoms with Crippen LogP contribution in [-0.4, -0.2) is 32.9 Å². The molecule has 1 saturated heterocycles. The molecule has 1 fully saturated rings. The van der Waals surface area contributed by atoms with Crippen LogP contribution < -0.4 is 4.72 Å². The summed E-state index contributed by atoms with van der Waals surface area (Å²) in [6.45, 7) is 4.45. The average Bonchev–Trinajstić information content (AvgIpc) is 2.40. The van der Waals surface area contributed by atoms with Crippen molar-refractivity contribution in [1.29, 1.82) is 0 Å². The molecular weight excluding hydrogens is 342 g/mol. The molecule has 1 N–H and O–H groups in total. The summed E-state index contributed by atoms with van der Waals surface area (Å²) in [5.74, 6) is 0.158. The summed E-state index contributed by atoms with van der Waals surface area (Å²) in [4.78, 5) is 0. The lowest BCUT2D eigenvalue weighted by Gasteiger charge is -2.32. The van der Waals surface area contributed by atoms with Crippen molar-refractivity contribution in [3.8, 4) is 0 Å². The van der Waals surface area contributed by atoms with Crippen LogP contribution >= 0.6 is 15.9 Å². The molecule has 6 heteroatoms. The molecule has 4 nitrogen and oxygen atoms in total. The molecule has 0 aliphatic carbocycles. The molecule has 0 amide bonds. The Bertz CT molecular complexity index is 542. The summed E-state index contributed by atoms with van der Waals surface area (Å²) in [5, 5.41) is -0.435. The Kier molecular flexibility index (Phi) is 5.23. The highest BCUT2D eigenvalue weighted by Crippen LogP contribution is 2.29. The largest absolute Gasteiger partial charge is 0.380 e. The van der Waals surface area contributed by atoms with Crippen LogP contribution in [0.4, 0.5) is 0 Å². The molecule has 1 aliphatic rings. The van der Waals surface area contributed by atoms with Crippen LogP contribution in [0.2, 0.25) is 0 Å². The van der Waals surface area contributed by atoms with E-state index in [4.69, 9.17) is 4.74 Å². The molecule has 1 heterocycles. The van der Waals surface area contributed by atoms with Crippen LogP contribution in [0.25, 0.3) is 0 Å². The van der Waals surface area contributed by atoms with Gasteiger partial charge in [-0.3, -0.25) is 0 Å². The lowest BCUT2D eigenvalue weighted by molar-refractivity contribution is 0.0644. The van der Waals surface area contributed by atoms with Crippen molar-refractivity contribution in [3.05, 3.63) is 34.3 Å². The van der Waals surface area contributed by atoms with Gasteiger partial charge < -0.3 is 4.74 Å². The van der Waals surface area contributed by atoms with Crippen LogP contribution in [0, 0.1) is 0 Å². The molecule has 20 heavy (non-hydrogen) atoms. The van der Waals surface area contributed by atoms with Gasteiger partial charge in [0.15, 0.2) is 0 Å². The molecular formula is C14H20BrNO3S. The molecule has 1 aromatic carbocycles. The summed E-state index contributed by atoms with van der Waals surface area (Å²) in [6.07, 6.45) is 0.826. The fourth-order valence-corrected chi connectivity index (χ4v) is 3.50. The van der Waals surface area contributed by atoms with E-state index in [1.54, 1.807) is 13.8 Å². The molecule has 2 atom stereocenters. The molecule has 0 aromatic heterocycles. The summed E-state index contributed by atoms with van der Waals surface area (Å²) in [6, 6.07) is 7.85. The van der Waals surface area contributed by atoms with Crippen molar-refractivity contribution < 1.29 is 13.2 Å². The number of ether oxygens (including phenoxy) is 1.